The van der Waals surface area contributed by atoms with Crippen LogP contribution in [0.2, 0.25) is 0 Å². The van der Waals surface area contributed by atoms with Crippen molar-refractivity contribution < 1.29 is 9.84 Å². The fourth-order valence-electron chi connectivity index (χ4n) is 4.91. The number of hydrogen-bond acceptors (Lipinski definition) is 4. The van der Waals surface area contributed by atoms with Gasteiger partial charge in [-0.15, -0.1) is 0 Å². The van der Waals surface area contributed by atoms with Crippen molar-refractivity contribution in [1.82, 2.24) is 10.3 Å². The van der Waals surface area contributed by atoms with Gasteiger partial charge in [0.2, 0.25) is 0 Å². The summed E-state index contributed by atoms with van der Waals surface area (Å²) < 4.78 is 6.60. The lowest BCUT2D eigenvalue weighted by molar-refractivity contribution is 0.0630. The summed E-state index contributed by atoms with van der Waals surface area (Å²) in [7, 11) is 0. The second kappa shape index (κ2) is 9.96. The van der Waals surface area contributed by atoms with E-state index < -0.39 is 0 Å². The van der Waals surface area contributed by atoms with E-state index in [0.29, 0.717) is 11.7 Å². The highest BCUT2D eigenvalue weighted by Crippen LogP contribution is 2.43. The molecule has 2 N–H and O–H groups in total. The molecule has 1 aliphatic rings. The fraction of sp³-hybridized carbons (Fsp3) is 0.414. The van der Waals surface area contributed by atoms with E-state index in [9.17, 15) is 5.11 Å². The minimum absolute atomic E-state index is 0.268. The zero-order chi connectivity index (χ0) is 23.4. The van der Waals surface area contributed by atoms with E-state index in [2.05, 4.69) is 66.6 Å². The van der Waals surface area contributed by atoms with Gasteiger partial charge in [-0.25, -0.2) is 0 Å². The molecule has 2 atom stereocenters. The third-order valence-corrected chi connectivity index (χ3v) is 7.23. The lowest BCUT2D eigenvalue weighted by Gasteiger charge is -2.38. The number of phenols is 1. The number of aromatic hydroxyl groups is 1. The Balaban J connectivity index is 1.43. The zero-order valence-corrected chi connectivity index (χ0v) is 20.3. The molecule has 0 fully saturated rings. The van der Waals surface area contributed by atoms with Crippen LogP contribution in [-0.4, -0.2) is 28.8 Å². The van der Waals surface area contributed by atoms with Crippen molar-refractivity contribution in [3.8, 4) is 11.5 Å². The molecule has 4 nitrogen and oxygen atoms in total. The lowest BCUT2D eigenvalue weighted by Crippen LogP contribution is -2.46. The van der Waals surface area contributed by atoms with E-state index >= 15 is 0 Å². The molecule has 2 aromatic carbocycles. The highest BCUT2D eigenvalue weighted by Gasteiger charge is 2.34. The van der Waals surface area contributed by atoms with E-state index in [1.165, 1.54) is 5.56 Å². The molecule has 2 unspecified atom stereocenters. The number of pyridine rings is 1. The summed E-state index contributed by atoms with van der Waals surface area (Å²) >= 11 is 0. The van der Waals surface area contributed by atoms with Gasteiger partial charge in [-0.2, -0.15) is 0 Å². The molecule has 0 amide bonds. The quantitative estimate of drug-likeness (QED) is 0.461. The van der Waals surface area contributed by atoms with Crippen molar-refractivity contribution in [1.29, 1.82) is 0 Å². The van der Waals surface area contributed by atoms with Crippen molar-refractivity contribution in [2.45, 2.75) is 64.9 Å². The van der Waals surface area contributed by atoms with Gasteiger partial charge >= 0.3 is 0 Å². The molecule has 2 heterocycles. The summed E-state index contributed by atoms with van der Waals surface area (Å²) in [6.45, 7) is 9.91. The van der Waals surface area contributed by atoms with Crippen LogP contribution in [0.5, 0.6) is 11.5 Å². The molecule has 4 rings (SSSR count). The van der Waals surface area contributed by atoms with Crippen molar-refractivity contribution in [3.63, 3.8) is 0 Å². The van der Waals surface area contributed by atoms with Gasteiger partial charge in [0.05, 0.1) is 0 Å². The zero-order valence-electron chi connectivity index (χ0n) is 20.3. The minimum Gasteiger partial charge on any atom is -0.507 e. The highest BCUT2D eigenvalue weighted by molar-refractivity contribution is 5.58. The monoisotopic (exact) mass is 444 g/mol. The Morgan fingerprint density at radius 3 is 2.52 bits per heavy atom. The van der Waals surface area contributed by atoms with Crippen molar-refractivity contribution in [3.05, 3.63) is 88.2 Å². The van der Waals surface area contributed by atoms with Gasteiger partial charge in [-0.3, -0.25) is 4.98 Å². The summed E-state index contributed by atoms with van der Waals surface area (Å²) in [6, 6.07) is 16.9. The molecule has 0 saturated heterocycles. The molecule has 0 bridgehead atoms. The van der Waals surface area contributed by atoms with E-state index in [1.54, 1.807) is 0 Å². The predicted molar refractivity (Wildman–Crippen MR) is 134 cm³/mol. The van der Waals surface area contributed by atoms with Crippen LogP contribution in [0.25, 0.3) is 0 Å². The van der Waals surface area contributed by atoms with Crippen LogP contribution < -0.4 is 10.1 Å². The number of aryl methyl sites for hydroxylation is 1. The average molecular weight is 445 g/mol. The number of nitrogens with one attached hydrogen (secondary N) is 1. The second-order valence-corrected chi connectivity index (χ2v) is 9.68. The first-order valence-electron chi connectivity index (χ1n) is 12.0. The Hall–Kier alpha value is -2.85. The molecule has 0 saturated carbocycles. The Labute approximate surface area is 198 Å². The predicted octanol–water partition coefficient (Wildman–Crippen LogP) is 5.80. The largest absolute Gasteiger partial charge is 0.507 e. The van der Waals surface area contributed by atoms with Crippen LogP contribution in [-0.2, 0) is 12.8 Å². The molecule has 0 aliphatic carbocycles. The molecule has 1 aliphatic heterocycles. The molecule has 0 radical (unpaired) electrons. The number of nitrogens with zero attached hydrogens (tertiary/aromatic N) is 1. The van der Waals surface area contributed by atoms with Gasteiger partial charge in [-0.05, 0) is 93.7 Å². The maximum Gasteiger partial charge on any atom is 0.127 e. The summed E-state index contributed by atoms with van der Waals surface area (Å²) in [6.07, 6.45) is 5.74. The maximum atomic E-state index is 10.4. The highest BCUT2D eigenvalue weighted by atomic mass is 16.5. The first-order chi connectivity index (χ1) is 15.9. The third kappa shape index (κ3) is 5.22. The first-order valence-corrected chi connectivity index (χ1v) is 12.0. The molecule has 4 heteroatoms. The van der Waals surface area contributed by atoms with Crippen molar-refractivity contribution in [2.24, 2.45) is 0 Å². The standard InChI is InChI=1S/C29H36N2O2/c1-20-21(2)28-26(22(3)27(20)32)15-16-29(4,33-28)19-30-18-24(23-10-6-5-7-11-23)13-14-25-12-8-9-17-31-25/h5-12,17,24,30,32H,13-16,18-19H2,1-4H3. The summed E-state index contributed by atoms with van der Waals surface area (Å²) in [4.78, 5) is 4.50. The van der Waals surface area contributed by atoms with Gasteiger partial charge < -0.3 is 15.2 Å². The number of fused-ring (bicyclic) bond motifs is 1. The van der Waals surface area contributed by atoms with Crippen LogP contribution in [0.15, 0.2) is 54.7 Å². The Morgan fingerprint density at radius 2 is 1.79 bits per heavy atom. The Kier molecular flexibility index (Phi) is 7.04. The topological polar surface area (TPSA) is 54.4 Å². The molecule has 33 heavy (non-hydrogen) atoms. The fourth-order valence-corrected chi connectivity index (χ4v) is 4.91. The van der Waals surface area contributed by atoms with Crippen LogP contribution in [0, 0.1) is 20.8 Å². The minimum atomic E-state index is -0.268. The summed E-state index contributed by atoms with van der Waals surface area (Å²) in [5.74, 6) is 1.79. The van der Waals surface area contributed by atoms with Crippen LogP contribution >= 0.6 is 0 Å². The lowest BCUT2D eigenvalue weighted by atomic mass is 9.87. The van der Waals surface area contributed by atoms with Gasteiger partial charge in [0.15, 0.2) is 0 Å². The van der Waals surface area contributed by atoms with Crippen LogP contribution in [0.4, 0.5) is 0 Å². The number of ether oxygens (including phenoxy) is 1. The molecular weight excluding hydrogens is 408 g/mol. The van der Waals surface area contributed by atoms with Gasteiger partial charge in [0, 0.05) is 30.5 Å². The third-order valence-electron chi connectivity index (χ3n) is 7.23. The smallest absolute Gasteiger partial charge is 0.127 e. The second-order valence-electron chi connectivity index (χ2n) is 9.68. The van der Waals surface area contributed by atoms with Crippen molar-refractivity contribution >= 4 is 0 Å². The molecule has 0 spiro atoms. The molecular formula is C29H36N2O2. The van der Waals surface area contributed by atoms with Crippen LogP contribution in [0.3, 0.4) is 0 Å². The Morgan fingerprint density at radius 1 is 1.03 bits per heavy atom. The van der Waals surface area contributed by atoms with E-state index in [-0.39, 0.29) is 5.60 Å². The number of phenolic OH excluding ortho intramolecular Hbond substituents is 1. The molecule has 3 aromatic rings. The summed E-state index contributed by atoms with van der Waals surface area (Å²) in [5, 5.41) is 14.2. The molecule has 174 valence electrons. The van der Waals surface area contributed by atoms with E-state index in [1.807, 2.05) is 26.1 Å². The van der Waals surface area contributed by atoms with E-state index in [0.717, 1.165) is 72.5 Å². The Bertz CT molecular complexity index is 1080. The number of rotatable bonds is 8. The maximum absolute atomic E-state index is 10.4. The SMILES string of the molecule is Cc1c(C)c2c(c(C)c1O)CCC(C)(CNCC(CCc1ccccn1)c1ccccc1)O2. The number of aromatic nitrogens is 1. The first kappa shape index (κ1) is 23.3. The number of hydrogen-bond donors (Lipinski definition) is 2. The van der Waals surface area contributed by atoms with Crippen molar-refractivity contribution in [2.75, 3.05) is 13.1 Å². The van der Waals surface area contributed by atoms with Gasteiger partial charge in [0.25, 0.3) is 0 Å². The normalized spacial score (nSPS) is 18.4. The van der Waals surface area contributed by atoms with E-state index in [4.69, 9.17) is 4.74 Å². The van der Waals surface area contributed by atoms with Crippen LogP contribution in [0.1, 0.15) is 59.2 Å². The number of benzene rings is 2. The summed E-state index contributed by atoms with van der Waals surface area (Å²) in [5.41, 5.74) is 6.32. The average Bonchev–Trinajstić information content (AvgIpc) is 2.84. The van der Waals surface area contributed by atoms with Gasteiger partial charge in [-0.1, -0.05) is 36.4 Å². The molecule has 1 aromatic heterocycles. The van der Waals surface area contributed by atoms with Gasteiger partial charge in [0.1, 0.15) is 17.1 Å².